The Morgan fingerprint density at radius 3 is 2.40 bits per heavy atom. The van der Waals surface area contributed by atoms with Crippen LogP contribution in [0.4, 0.5) is 11.6 Å². The minimum Gasteiger partial charge on any atom is -0.370 e. The highest BCUT2D eigenvalue weighted by molar-refractivity contribution is 5.56. The molecule has 20 heavy (non-hydrogen) atoms. The Hall–Kier alpha value is -1.32. The topological polar surface area (TPSA) is 49.8 Å². The monoisotopic (exact) mass is 276 g/mol. The Balaban J connectivity index is 1.89. The third-order valence-corrected chi connectivity index (χ3v) is 4.32. The van der Waals surface area contributed by atoms with E-state index in [9.17, 15) is 0 Å². The van der Waals surface area contributed by atoms with Crippen molar-refractivity contribution in [2.75, 3.05) is 23.7 Å². The first-order valence-electron chi connectivity index (χ1n) is 8.00. The summed E-state index contributed by atoms with van der Waals surface area (Å²) in [6.45, 7) is 8.61. The fraction of sp³-hybridized carbons (Fsp3) is 0.750. The number of aromatic nitrogens is 2. The molecule has 2 N–H and O–H groups in total. The molecule has 1 aromatic heterocycles. The average Bonchev–Trinajstić information content (AvgIpc) is 2.47. The highest BCUT2D eigenvalue weighted by atomic mass is 15.1. The highest BCUT2D eigenvalue weighted by Crippen LogP contribution is 2.28. The zero-order valence-corrected chi connectivity index (χ0v) is 13.1. The Labute approximate surface area is 122 Å². The Morgan fingerprint density at radius 2 is 1.75 bits per heavy atom. The molecule has 0 atom stereocenters. The minimum absolute atomic E-state index is 0.799. The van der Waals surface area contributed by atoms with E-state index in [0.717, 1.165) is 48.5 Å². The van der Waals surface area contributed by atoms with Gasteiger partial charge in [-0.25, -0.2) is 9.97 Å². The number of anilines is 2. The Bertz CT molecular complexity index is 411. The third-order valence-electron chi connectivity index (χ3n) is 4.32. The van der Waals surface area contributed by atoms with Crippen molar-refractivity contribution in [3.05, 3.63) is 11.9 Å². The molecule has 0 radical (unpaired) electrons. The van der Waals surface area contributed by atoms with Crippen LogP contribution in [-0.4, -0.2) is 23.1 Å². The van der Waals surface area contributed by atoms with Gasteiger partial charge in [-0.2, -0.15) is 0 Å². The molecule has 112 valence electrons. The lowest BCUT2D eigenvalue weighted by molar-refractivity contribution is 0.300. The van der Waals surface area contributed by atoms with Crippen LogP contribution in [0.1, 0.15) is 51.5 Å². The van der Waals surface area contributed by atoms with Gasteiger partial charge in [0.2, 0.25) is 0 Å². The first-order valence-corrected chi connectivity index (χ1v) is 8.00. The second-order valence-electron chi connectivity index (χ2n) is 6.13. The Kier molecular flexibility index (Phi) is 5.62. The molecule has 1 heterocycles. The molecule has 4 nitrogen and oxygen atoms in total. The predicted octanol–water partition coefficient (Wildman–Crippen LogP) is 3.85. The van der Waals surface area contributed by atoms with E-state index in [1.807, 2.05) is 0 Å². The molecule has 1 fully saturated rings. The number of hydrogen-bond acceptors (Lipinski definition) is 4. The summed E-state index contributed by atoms with van der Waals surface area (Å²) in [5.74, 6) is 3.66. The summed E-state index contributed by atoms with van der Waals surface area (Å²) in [6, 6.07) is 0. The number of nitrogens with zero attached hydrogens (tertiary/aromatic N) is 2. The van der Waals surface area contributed by atoms with Crippen LogP contribution >= 0.6 is 0 Å². The van der Waals surface area contributed by atoms with Gasteiger partial charge in [0, 0.05) is 18.7 Å². The molecular weight excluding hydrogens is 248 g/mol. The van der Waals surface area contributed by atoms with Gasteiger partial charge < -0.3 is 10.6 Å². The smallest absolute Gasteiger partial charge is 0.134 e. The summed E-state index contributed by atoms with van der Waals surface area (Å²) in [7, 11) is 0. The van der Waals surface area contributed by atoms with E-state index in [1.165, 1.54) is 25.7 Å². The number of hydrogen-bond donors (Lipinski definition) is 2. The molecule has 0 aliphatic heterocycles. The molecule has 4 heteroatoms. The van der Waals surface area contributed by atoms with Crippen LogP contribution in [0.25, 0.3) is 0 Å². The van der Waals surface area contributed by atoms with Crippen molar-refractivity contribution in [1.82, 2.24) is 9.97 Å². The van der Waals surface area contributed by atoms with E-state index in [0.29, 0.717) is 0 Å². The van der Waals surface area contributed by atoms with E-state index < -0.39 is 0 Å². The molecule has 1 saturated carbocycles. The van der Waals surface area contributed by atoms with Gasteiger partial charge >= 0.3 is 0 Å². The highest BCUT2D eigenvalue weighted by Gasteiger charge is 2.18. The van der Waals surface area contributed by atoms with Crippen LogP contribution in [0.3, 0.4) is 0 Å². The lowest BCUT2D eigenvalue weighted by Gasteiger charge is -2.26. The summed E-state index contributed by atoms with van der Waals surface area (Å²) < 4.78 is 0. The van der Waals surface area contributed by atoms with Gasteiger partial charge in [-0.1, -0.05) is 26.7 Å². The second kappa shape index (κ2) is 7.46. The lowest BCUT2D eigenvalue weighted by atomic mass is 9.83. The summed E-state index contributed by atoms with van der Waals surface area (Å²) in [5, 5.41) is 6.88. The van der Waals surface area contributed by atoms with Crippen LogP contribution < -0.4 is 10.6 Å². The van der Waals surface area contributed by atoms with Crippen LogP contribution in [-0.2, 0) is 0 Å². The summed E-state index contributed by atoms with van der Waals surface area (Å²) in [5.41, 5.74) is 1.13. The lowest BCUT2D eigenvalue weighted by Crippen LogP contribution is -2.21. The molecule has 0 unspecified atom stereocenters. The van der Waals surface area contributed by atoms with Crippen molar-refractivity contribution >= 4 is 11.6 Å². The van der Waals surface area contributed by atoms with Crippen LogP contribution in [0.2, 0.25) is 0 Å². The van der Waals surface area contributed by atoms with Crippen molar-refractivity contribution < 1.29 is 0 Å². The van der Waals surface area contributed by atoms with Gasteiger partial charge in [0.25, 0.3) is 0 Å². The standard InChI is InChI=1S/C16H28N4/c1-4-9-17-15-13(3)16(20-11-19-15)18-10-14-7-5-12(2)6-8-14/h11-12,14H,4-10H2,1-3H3,(H2,17,18,19,20). The predicted molar refractivity (Wildman–Crippen MR) is 85.2 cm³/mol. The van der Waals surface area contributed by atoms with Gasteiger partial charge in [0.15, 0.2) is 0 Å². The largest absolute Gasteiger partial charge is 0.370 e. The molecule has 0 bridgehead atoms. The fourth-order valence-corrected chi connectivity index (χ4v) is 2.82. The Morgan fingerprint density at radius 1 is 1.10 bits per heavy atom. The second-order valence-corrected chi connectivity index (χ2v) is 6.13. The van der Waals surface area contributed by atoms with Crippen LogP contribution in [0.15, 0.2) is 6.33 Å². The SMILES string of the molecule is CCCNc1ncnc(NCC2CCC(C)CC2)c1C. The van der Waals surface area contributed by atoms with E-state index >= 15 is 0 Å². The first kappa shape index (κ1) is 15.1. The summed E-state index contributed by atoms with van der Waals surface area (Å²) in [6.07, 6.45) is 8.19. The molecular formula is C16H28N4. The maximum absolute atomic E-state index is 4.38. The maximum Gasteiger partial charge on any atom is 0.134 e. The quantitative estimate of drug-likeness (QED) is 0.828. The molecule has 0 amide bonds. The summed E-state index contributed by atoms with van der Waals surface area (Å²) >= 11 is 0. The van der Waals surface area contributed by atoms with Gasteiger partial charge in [0.1, 0.15) is 18.0 Å². The minimum atomic E-state index is 0.799. The van der Waals surface area contributed by atoms with Crippen LogP contribution in [0, 0.1) is 18.8 Å². The summed E-state index contributed by atoms with van der Waals surface area (Å²) in [4.78, 5) is 8.70. The van der Waals surface area contributed by atoms with E-state index in [-0.39, 0.29) is 0 Å². The van der Waals surface area contributed by atoms with Gasteiger partial charge in [-0.3, -0.25) is 0 Å². The molecule has 0 spiro atoms. The van der Waals surface area contributed by atoms with Gasteiger partial charge in [-0.05, 0) is 38.0 Å². The zero-order chi connectivity index (χ0) is 14.4. The van der Waals surface area contributed by atoms with Crippen molar-refractivity contribution in [3.63, 3.8) is 0 Å². The average molecular weight is 276 g/mol. The van der Waals surface area contributed by atoms with Crippen molar-refractivity contribution in [1.29, 1.82) is 0 Å². The zero-order valence-electron chi connectivity index (χ0n) is 13.1. The molecule has 1 aromatic rings. The fourth-order valence-electron chi connectivity index (χ4n) is 2.82. The maximum atomic E-state index is 4.38. The van der Waals surface area contributed by atoms with Gasteiger partial charge in [-0.15, -0.1) is 0 Å². The molecule has 1 aliphatic rings. The van der Waals surface area contributed by atoms with Gasteiger partial charge in [0.05, 0.1) is 0 Å². The number of nitrogens with one attached hydrogen (secondary N) is 2. The molecule has 1 aliphatic carbocycles. The van der Waals surface area contributed by atoms with E-state index in [4.69, 9.17) is 0 Å². The molecule has 0 saturated heterocycles. The molecule has 0 aromatic carbocycles. The van der Waals surface area contributed by atoms with Crippen molar-refractivity contribution in [2.24, 2.45) is 11.8 Å². The first-order chi connectivity index (χ1) is 9.70. The van der Waals surface area contributed by atoms with E-state index in [1.54, 1.807) is 6.33 Å². The van der Waals surface area contributed by atoms with Crippen molar-refractivity contribution in [3.8, 4) is 0 Å². The number of rotatable bonds is 6. The third kappa shape index (κ3) is 4.09. The van der Waals surface area contributed by atoms with Crippen LogP contribution in [0.5, 0.6) is 0 Å². The van der Waals surface area contributed by atoms with E-state index in [2.05, 4.69) is 41.4 Å². The normalized spacial score (nSPS) is 22.6. The van der Waals surface area contributed by atoms with Crippen molar-refractivity contribution in [2.45, 2.75) is 52.9 Å². The molecule has 2 rings (SSSR count).